The van der Waals surface area contributed by atoms with Gasteiger partial charge in [0.2, 0.25) is 0 Å². The van der Waals surface area contributed by atoms with Crippen molar-refractivity contribution in [3.05, 3.63) is 216 Å². The Morgan fingerprint density at radius 1 is 0.500 bits per heavy atom. The molecule has 0 radical (unpaired) electrons. The summed E-state index contributed by atoms with van der Waals surface area (Å²) in [5, 5.41) is 10.4. The van der Waals surface area contributed by atoms with E-state index in [1.54, 1.807) is 0 Å². The Morgan fingerprint density at radius 3 is 1.79 bits per heavy atom. The van der Waals surface area contributed by atoms with E-state index in [0.717, 1.165) is 0 Å². The summed E-state index contributed by atoms with van der Waals surface area (Å²) in [6, 6.07) is 61.2. The zero-order chi connectivity index (χ0) is 42.1. The fourth-order valence-electron chi connectivity index (χ4n) is 11.5. The van der Waals surface area contributed by atoms with E-state index in [9.17, 15) is 0 Å². The van der Waals surface area contributed by atoms with Crippen LogP contribution in [0, 0.1) is 0 Å². The molecule has 2 aliphatic rings. The predicted octanol–water partition coefficient (Wildman–Crippen LogP) is 17.5. The van der Waals surface area contributed by atoms with Crippen LogP contribution < -0.4 is 0 Å². The summed E-state index contributed by atoms with van der Waals surface area (Å²) < 4.78 is 2.77. The molecule has 0 fully saturated rings. The molecular formula is C61H46S. The molecule has 296 valence electrons. The molecular weight excluding hydrogens is 765 g/mol. The zero-order valence-electron chi connectivity index (χ0n) is 35.9. The number of hydrogen-bond acceptors (Lipinski definition) is 1. The Balaban J connectivity index is 1.05. The third-order valence-corrected chi connectivity index (χ3v) is 15.6. The van der Waals surface area contributed by atoms with Crippen molar-refractivity contribution < 1.29 is 0 Å². The van der Waals surface area contributed by atoms with E-state index in [1.807, 2.05) is 11.3 Å². The van der Waals surface area contributed by atoms with Gasteiger partial charge in [-0.05, 0) is 129 Å². The molecule has 0 unspecified atom stereocenters. The Morgan fingerprint density at radius 2 is 1.10 bits per heavy atom. The van der Waals surface area contributed by atoms with Gasteiger partial charge in [-0.25, -0.2) is 0 Å². The van der Waals surface area contributed by atoms with Crippen molar-refractivity contribution in [2.45, 2.75) is 45.4 Å². The molecule has 0 spiro atoms. The van der Waals surface area contributed by atoms with Crippen LogP contribution in [0.2, 0.25) is 0 Å². The first-order chi connectivity index (χ1) is 30.2. The Bertz CT molecular complexity index is 3580. The van der Waals surface area contributed by atoms with Crippen LogP contribution in [-0.4, -0.2) is 0 Å². The van der Waals surface area contributed by atoms with Gasteiger partial charge in [-0.15, -0.1) is 11.3 Å². The highest BCUT2D eigenvalue weighted by Crippen LogP contribution is 2.56. The summed E-state index contributed by atoms with van der Waals surface area (Å²) in [6.07, 6.45) is 4.57. The number of rotatable bonds is 5. The second-order valence-corrected chi connectivity index (χ2v) is 19.5. The summed E-state index contributed by atoms with van der Waals surface area (Å²) >= 11 is 1.98. The molecule has 62 heavy (non-hydrogen) atoms. The van der Waals surface area contributed by atoms with E-state index >= 15 is 0 Å². The van der Waals surface area contributed by atoms with Crippen LogP contribution in [0.15, 0.2) is 188 Å². The van der Waals surface area contributed by atoms with Gasteiger partial charge < -0.3 is 0 Å². The zero-order valence-corrected chi connectivity index (χ0v) is 36.7. The predicted molar refractivity (Wildman–Crippen MR) is 271 cm³/mol. The first-order valence-electron chi connectivity index (χ1n) is 21.9. The Labute approximate surface area is 367 Å². The first-order valence-corrected chi connectivity index (χ1v) is 22.7. The lowest BCUT2D eigenvalue weighted by Crippen LogP contribution is -2.16. The smallest absolute Gasteiger partial charge is 0.0437 e. The lowest BCUT2D eigenvalue weighted by atomic mass is 9.79. The Hall–Kier alpha value is -6.80. The maximum absolute atomic E-state index is 4.45. The number of fused-ring (bicyclic) bond motifs is 12. The van der Waals surface area contributed by atoms with E-state index in [-0.39, 0.29) is 10.8 Å². The van der Waals surface area contributed by atoms with Gasteiger partial charge in [0.05, 0.1) is 0 Å². The van der Waals surface area contributed by atoms with E-state index < -0.39 is 0 Å². The molecule has 0 N–H and O–H groups in total. The van der Waals surface area contributed by atoms with Gasteiger partial charge >= 0.3 is 0 Å². The van der Waals surface area contributed by atoms with Gasteiger partial charge in [0.1, 0.15) is 0 Å². The van der Waals surface area contributed by atoms with Crippen LogP contribution in [0.1, 0.15) is 62.4 Å². The van der Waals surface area contributed by atoms with Crippen molar-refractivity contribution in [3.63, 3.8) is 0 Å². The monoisotopic (exact) mass is 810 g/mol. The van der Waals surface area contributed by atoms with Crippen LogP contribution in [0.3, 0.4) is 0 Å². The second-order valence-electron chi connectivity index (χ2n) is 18.4. The van der Waals surface area contributed by atoms with Crippen molar-refractivity contribution in [1.82, 2.24) is 0 Å². The molecule has 10 aromatic rings. The van der Waals surface area contributed by atoms with Crippen molar-refractivity contribution in [2.24, 2.45) is 0 Å². The van der Waals surface area contributed by atoms with Gasteiger partial charge in [-0.1, -0.05) is 198 Å². The largest absolute Gasteiger partial charge is 0.134 e. The van der Waals surface area contributed by atoms with Crippen LogP contribution in [0.25, 0.3) is 97.0 Å². The van der Waals surface area contributed by atoms with Crippen LogP contribution in [0.4, 0.5) is 0 Å². The maximum Gasteiger partial charge on any atom is 0.0437 e. The lowest BCUT2D eigenvalue weighted by Gasteiger charge is -2.24. The number of benzene rings is 9. The van der Waals surface area contributed by atoms with Crippen LogP contribution >= 0.6 is 11.3 Å². The lowest BCUT2D eigenvalue weighted by molar-refractivity contribution is 0.655. The molecule has 1 heterocycles. The summed E-state index contributed by atoms with van der Waals surface area (Å²) in [6.45, 7) is 16.3. The van der Waals surface area contributed by atoms with E-state index in [0.29, 0.717) is 0 Å². The molecule has 2 aliphatic carbocycles. The molecule has 0 saturated carbocycles. The fourth-order valence-corrected chi connectivity index (χ4v) is 13.1. The van der Waals surface area contributed by atoms with Crippen molar-refractivity contribution in [1.29, 1.82) is 0 Å². The summed E-state index contributed by atoms with van der Waals surface area (Å²) in [5.74, 6) is 0. The molecule has 1 aromatic heterocycles. The molecule has 9 aromatic carbocycles. The third kappa shape index (κ3) is 5.06. The van der Waals surface area contributed by atoms with Gasteiger partial charge in [0.25, 0.3) is 0 Å². The van der Waals surface area contributed by atoms with Crippen molar-refractivity contribution in [3.8, 4) is 33.4 Å². The van der Waals surface area contributed by atoms with E-state index in [2.05, 4.69) is 217 Å². The molecule has 0 bridgehead atoms. The van der Waals surface area contributed by atoms with Crippen LogP contribution in [0.5, 0.6) is 0 Å². The number of thiophene rings is 1. The maximum atomic E-state index is 4.45. The molecule has 0 amide bonds. The summed E-state index contributed by atoms with van der Waals surface area (Å²) in [5.41, 5.74) is 18.1. The number of allylic oxidation sites excluding steroid dienone is 5. The number of hydrogen-bond donors (Lipinski definition) is 0. The average Bonchev–Trinajstić information content (AvgIpc) is 3.87. The highest BCUT2D eigenvalue weighted by molar-refractivity contribution is 7.26. The SMILES string of the molecule is C=CC1=C(/C=C(\C)c2cc3ccccc3c3c2sc2c4c(ccc23)-c2ccccc2C4(C)C)c2ccc(-c3c4ccccc4c(-c4ccccc4)c4ccccc34)cc2C1(C)C. The standard InChI is InChI=1S/C61H46S/c1-7-51-50(33-36(2)49-34-38-21-11-12-22-40(38)56-48-32-31-47-41-23-17-18-28-52(41)61(5,6)57(47)59(48)62-58(49)56)42-30-29-39(35-53(42)60(51,3)4)55-45-26-15-13-24-43(45)54(37-19-9-8-10-20-37)44-25-14-16-27-46(44)55/h7-35H,1H2,2-6H3/b36-33+. The molecule has 0 saturated heterocycles. The molecule has 1 heteroatoms. The van der Waals surface area contributed by atoms with Gasteiger partial charge in [-0.3, -0.25) is 0 Å². The third-order valence-electron chi connectivity index (χ3n) is 14.4. The summed E-state index contributed by atoms with van der Waals surface area (Å²) in [4.78, 5) is 0. The second kappa shape index (κ2) is 13.3. The van der Waals surface area contributed by atoms with Crippen molar-refractivity contribution in [2.75, 3.05) is 0 Å². The first kappa shape index (κ1) is 37.0. The summed E-state index contributed by atoms with van der Waals surface area (Å²) in [7, 11) is 0. The van der Waals surface area contributed by atoms with Gasteiger partial charge in [0, 0.05) is 31.0 Å². The van der Waals surface area contributed by atoms with Crippen LogP contribution in [-0.2, 0) is 10.8 Å². The van der Waals surface area contributed by atoms with Gasteiger partial charge in [0.15, 0.2) is 0 Å². The average molecular weight is 811 g/mol. The fraction of sp³-hybridized carbons (Fsp3) is 0.115. The molecule has 12 rings (SSSR count). The topological polar surface area (TPSA) is 0 Å². The molecule has 0 atom stereocenters. The Kier molecular flexibility index (Phi) is 7.97. The normalized spacial score (nSPS) is 15.2. The molecule has 0 nitrogen and oxygen atoms in total. The molecule has 0 aliphatic heterocycles. The minimum Gasteiger partial charge on any atom is -0.134 e. The van der Waals surface area contributed by atoms with E-state index in [4.69, 9.17) is 0 Å². The highest BCUT2D eigenvalue weighted by Gasteiger charge is 2.39. The van der Waals surface area contributed by atoms with Crippen molar-refractivity contribution >= 4 is 75.0 Å². The highest BCUT2D eigenvalue weighted by atomic mass is 32.1. The van der Waals surface area contributed by atoms with Gasteiger partial charge in [-0.2, -0.15) is 0 Å². The minimum atomic E-state index is -0.244. The minimum absolute atomic E-state index is 0.0860. The van der Waals surface area contributed by atoms with E-state index in [1.165, 1.54) is 130 Å². The quantitative estimate of drug-likeness (QED) is 0.152.